The highest BCUT2D eigenvalue weighted by atomic mass is 16.5. The molecule has 1 aromatic carbocycles. The van der Waals surface area contributed by atoms with Crippen molar-refractivity contribution in [2.45, 2.75) is 50.5 Å². The van der Waals surface area contributed by atoms with E-state index in [1.807, 2.05) is 24.3 Å². The SMILES string of the molecule is O=C(NCCCN(C(=O)C1CCC1)C1CC1)C1COc2ccccc21. The number of ether oxygens (including phenoxy) is 1. The lowest BCUT2D eigenvalue weighted by atomic mass is 9.84. The predicted molar refractivity (Wildman–Crippen MR) is 94.4 cm³/mol. The first-order valence-electron chi connectivity index (χ1n) is 9.54. The Morgan fingerprint density at radius 1 is 1.16 bits per heavy atom. The second-order valence-corrected chi connectivity index (χ2v) is 7.44. The average Bonchev–Trinajstić information content (AvgIpc) is 3.31. The van der Waals surface area contributed by atoms with Crippen LogP contribution in [0.1, 0.15) is 50.0 Å². The third-order valence-electron chi connectivity index (χ3n) is 5.62. The second-order valence-electron chi connectivity index (χ2n) is 7.44. The van der Waals surface area contributed by atoms with Crippen LogP contribution in [0.2, 0.25) is 0 Å². The van der Waals surface area contributed by atoms with Crippen LogP contribution in [-0.4, -0.2) is 42.5 Å². The Balaban J connectivity index is 1.24. The van der Waals surface area contributed by atoms with Gasteiger partial charge in [-0.25, -0.2) is 0 Å². The Kier molecular flexibility index (Phi) is 4.64. The molecule has 0 aromatic heterocycles. The highest BCUT2D eigenvalue weighted by molar-refractivity contribution is 5.85. The standard InChI is InChI=1S/C20H26N2O3/c23-19(17-13-25-18-8-2-1-7-16(17)18)21-11-4-12-22(15-9-10-15)20(24)14-5-3-6-14/h1-2,7-8,14-15,17H,3-6,9-13H2,(H,21,23). The van der Waals surface area contributed by atoms with E-state index in [0.29, 0.717) is 25.1 Å². The number of nitrogens with zero attached hydrogens (tertiary/aromatic N) is 1. The molecule has 2 amide bonds. The van der Waals surface area contributed by atoms with Crippen LogP contribution in [0.15, 0.2) is 24.3 Å². The monoisotopic (exact) mass is 342 g/mol. The number of hydrogen-bond donors (Lipinski definition) is 1. The number of hydrogen-bond acceptors (Lipinski definition) is 3. The molecule has 1 heterocycles. The average molecular weight is 342 g/mol. The first kappa shape index (κ1) is 16.4. The number of nitrogens with one attached hydrogen (secondary N) is 1. The van der Waals surface area contributed by atoms with Crippen LogP contribution < -0.4 is 10.1 Å². The minimum Gasteiger partial charge on any atom is -0.492 e. The fraction of sp³-hybridized carbons (Fsp3) is 0.600. The van der Waals surface area contributed by atoms with Gasteiger partial charge in [0.1, 0.15) is 18.3 Å². The van der Waals surface area contributed by atoms with Crippen molar-refractivity contribution in [2.75, 3.05) is 19.7 Å². The summed E-state index contributed by atoms with van der Waals surface area (Å²) in [6.45, 7) is 1.79. The molecule has 5 nitrogen and oxygen atoms in total. The summed E-state index contributed by atoms with van der Waals surface area (Å²) in [7, 11) is 0. The van der Waals surface area contributed by atoms with E-state index in [-0.39, 0.29) is 17.7 Å². The molecule has 1 atom stereocenters. The molecule has 2 aliphatic carbocycles. The number of para-hydroxylation sites is 1. The smallest absolute Gasteiger partial charge is 0.231 e. The van der Waals surface area contributed by atoms with E-state index >= 15 is 0 Å². The van der Waals surface area contributed by atoms with E-state index < -0.39 is 0 Å². The maximum absolute atomic E-state index is 12.5. The summed E-state index contributed by atoms with van der Waals surface area (Å²) in [6.07, 6.45) is 6.40. The molecule has 1 N–H and O–H groups in total. The summed E-state index contributed by atoms with van der Waals surface area (Å²) < 4.78 is 5.58. The molecule has 1 aromatic rings. The van der Waals surface area contributed by atoms with Crippen molar-refractivity contribution in [3.05, 3.63) is 29.8 Å². The van der Waals surface area contributed by atoms with E-state index in [0.717, 1.165) is 50.0 Å². The van der Waals surface area contributed by atoms with Crippen molar-refractivity contribution in [1.82, 2.24) is 10.2 Å². The molecule has 3 aliphatic rings. The Bertz CT molecular complexity index is 652. The van der Waals surface area contributed by atoms with E-state index in [4.69, 9.17) is 4.74 Å². The Hall–Kier alpha value is -2.04. The molecule has 1 unspecified atom stereocenters. The molecule has 2 fully saturated rings. The summed E-state index contributed by atoms with van der Waals surface area (Å²) in [6, 6.07) is 8.18. The van der Waals surface area contributed by atoms with Gasteiger partial charge in [0, 0.05) is 30.6 Å². The van der Waals surface area contributed by atoms with Crippen molar-refractivity contribution < 1.29 is 14.3 Å². The second kappa shape index (κ2) is 7.06. The van der Waals surface area contributed by atoms with Crippen LogP contribution >= 0.6 is 0 Å². The van der Waals surface area contributed by atoms with Gasteiger partial charge in [-0.05, 0) is 38.2 Å². The van der Waals surface area contributed by atoms with Gasteiger partial charge in [-0.2, -0.15) is 0 Å². The molecule has 1 aliphatic heterocycles. The zero-order valence-corrected chi connectivity index (χ0v) is 14.6. The van der Waals surface area contributed by atoms with Crippen molar-refractivity contribution in [3.63, 3.8) is 0 Å². The molecule has 25 heavy (non-hydrogen) atoms. The van der Waals surface area contributed by atoms with Crippen molar-refractivity contribution in [1.29, 1.82) is 0 Å². The summed E-state index contributed by atoms with van der Waals surface area (Å²) in [5.74, 6) is 1.23. The predicted octanol–water partition coefficient (Wildman–Crippen LogP) is 2.46. The zero-order chi connectivity index (χ0) is 17.2. The summed E-state index contributed by atoms with van der Waals surface area (Å²) in [5, 5.41) is 3.02. The lowest BCUT2D eigenvalue weighted by Crippen LogP contribution is -2.42. The maximum Gasteiger partial charge on any atom is 0.231 e. The lowest BCUT2D eigenvalue weighted by molar-refractivity contribution is -0.138. The molecule has 0 radical (unpaired) electrons. The van der Waals surface area contributed by atoms with Crippen molar-refractivity contribution in [3.8, 4) is 5.75 Å². The van der Waals surface area contributed by atoms with Crippen LogP contribution in [0.25, 0.3) is 0 Å². The maximum atomic E-state index is 12.5. The molecule has 0 bridgehead atoms. The fourth-order valence-electron chi connectivity index (χ4n) is 3.71. The minimum atomic E-state index is -0.215. The van der Waals surface area contributed by atoms with Gasteiger partial charge in [0.15, 0.2) is 0 Å². The number of rotatable bonds is 7. The number of amides is 2. The van der Waals surface area contributed by atoms with Gasteiger partial charge < -0.3 is 15.0 Å². The summed E-state index contributed by atoms with van der Waals surface area (Å²) in [4.78, 5) is 27.0. The van der Waals surface area contributed by atoms with E-state index in [2.05, 4.69) is 10.2 Å². The third kappa shape index (κ3) is 3.51. The van der Waals surface area contributed by atoms with Crippen molar-refractivity contribution >= 4 is 11.8 Å². The van der Waals surface area contributed by atoms with Gasteiger partial charge >= 0.3 is 0 Å². The van der Waals surface area contributed by atoms with Gasteiger partial charge in [-0.1, -0.05) is 24.6 Å². The van der Waals surface area contributed by atoms with Crippen LogP contribution in [0.4, 0.5) is 0 Å². The number of benzene rings is 1. The molecular weight excluding hydrogens is 316 g/mol. The Morgan fingerprint density at radius 2 is 1.96 bits per heavy atom. The van der Waals surface area contributed by atoms with Gasteiger partial charge in [-0.3, -0.25) is 9.59 Å². The minimum absolute atomic E-state index is 0.0215. The summed E-state index contributed by atoms with van der Waals surface area (Å²) >= 11 is 0. The molecule has 0 spiro atoms. The molecule has 134 valence electrons. The zero-order valence-electron chi connectivity index (χ0n) is 14.6. The topological polar surface area (TPSA) is 58.6 Å². The molecule has 4 rings (SSSR count). The Morgan fingerprint density at radius 3 is 2.68 bits per heavy atom. The molecule has 0 saturated heterocycles. The van der Waals surface area contributed by atoms with E-state index in [9.17, 15) is 9.59 Å². The van der Waals surface area contributed by atoms with Gasteiger partial charge in [0.25, 0.3) is 0 Å². The normalized spacial score (nSPS) is 21.8. The largest absolute Gasteiger partial charge is 0.492 e. The highest BCUT2D eigenvalue weighted by Crippen LogP contribution is 2.34. The van der Waals surface area contributed by atoms with E-state index in [1.54, 1.807) is 0 Å². The quantitative estimate of drug-likeness (QED) is 0.775. The first-order chi connectivity index (χ1) is 12.2. The third-order valence-corrected chi connectivity index (χ3v) is 5.62. The van der Waals surface area contributed by atoms with Gasteiger partial charge in [0.2, 0.25) is 11.8 Å². The number of carbonyl (C=O) groups is 2. The summed E-state index contributed by atoms with van der Waals surface area (Å²) in [5.41, 5.74) is 0.972. The van der Waals surface area contributed by atoms with Gasteiger partial charge in [0.05, 0.1) is 0 Å². The highest BCUT2D eigenvalue weighted by Gasteiger charge is 2.37. The Labute approximate surface area is 148 Å². The van der Waals surface area contributed by atoms with Crippen LogP contribution in [0.3, 0.4) is 0 Å². The first-order valence-corrected chi connectivity index (χ1v) is 9.54. The van der Waals surface area contributed by atoms with Crippen LogP contribution in [0, 0.1) is 5.92 Å². The lowest BCUT2D eigenvalue weighted by Gasteiger charge is -2.32. The van der Waals surface area contributed by atoms with Gasteiger partial charge in [-0.15, -0.1) is 0 Å². The molecule has 2 saturated carbocycles. The number of carbonyl (C=O) groups excluding carboxylic acids is 2. The molecular formula is C20H26N2O3. The van der Waals surface area contributed by atoms with Crippen LogP contribution in [-0.2, 0) is 9.59 Å². The molecule has 5 heteroatoms. The van der Waals surface area contributed by atoms with Crippen molar-refractivity contribution in [2.24, 2.45) is 5.92 Å². The van der Waals surface area contributed by atoms with E-state index in [1.165, 1.54) is 6.42 Å². The van der Waals surface area contributed by atoms with Crippen LogP contribution in [0.5, 0.6) is 5.75 Å². The number of fused-ring (bicyclic) bond motifs is 1. The fourth-order valence-corrected chi connectivity index (χ4v) is 3.71.